The number of fused-ring (bicyclic) bond motifs is 2. The lowest BCUT2D eigenvalue weighted by Gasteiger charge is -2.35. The average Bonchev–Trinajstić information content (AvgIpc) is 3.78. The number of nitrogens with zero attached hydrogens (tertiary/aromatic N) is 1. The first kappa shape index (κ1) is 30.8. The molecule has 12 nitrogen and oxygen atoms in total. The molecule has 2 amide bonds. The normalized spacial score (nSPS) is 27.4. The van der Waals surface area contributed by atoms with E-state index in [4.69, 9.17) is 24.7 Å². The van der Waals surface area contributed by atoms with E-state index in [1.165, 1.54) is 0 Å². The molecule has 6 rings (SSSR count). The van der Waals surface area contributed by atoms with E-state index in [1.807, 2.05) is 35.2 Å². The van der Waals surface area contributed by atoms with Crippen LogP contribution in [-0.2, 0) is 36.8 Å². The van der Waals surface area contributed by atoms with Crippen LogP contribution in [0.15, 0.2) is 42.5 Å². The van der Waals surface area contributed by atoms with Crippen LogP contribution in [0.3, 0.4) is 0 Å². The molecule has 238 valence electrons. The Morgan fingerprint density at radius 2 is 1.91 bits per heavy atom. The zero-order valence-corrected chi connectivity index (χ0v) is 24.7. The van der Waals surface area contributed by atoms with E-state index < -0.39 is 24.3 Å². The predicted molar refractivity (Wildman–Crippen MR) is 160 cm³/mol. The summed E-state index contributed by atoms with van der Waals surface area (Å²) < 4.78 is 22.8. The van der Waals surface area contributed by atoms with Gasteiger partial charge in [0.15, 0.2) is 6.29 Å². The predicted octanol–water partition coefficient (Wildman–Crippen LogP) is 1.94. The van der Waals surface area contributed by atoms with Crippen molar-refractivity contribution in [1.29, 1.82) is 0 Å². The van der Waals surface area contributed by atoms with Gasteiger partial charge < -0.3 is 45.5 Å². The quantitative estimate of drug-likeness (QED) is 0.238. The van der Waals surface area contributed by atoms with Gasteiger partial charge in [-0.3, -0.25) is 9.69 Å². The second kappa shape index (κ2) is 13.8. The Kier molecular flexibility index (Phi) is 9.65. The van der Waals surface area contributed by atoms with E-state index in [1.54, 1.807) is 12.1 Å². The van der Waals surface area contributed by atoms with Crippen LogP contribution in [-0.4, -0.2) is 91.2 Å². The van der Waals surface area contributed by atoms with Gasteiger partial charge in [0.05, 0.1) is 49.9 Å². The molecule has 4 heterocycles. The number of nitrogen functional groups attached to an aromatic ring is 1. The SMILES string of the molecule is Nc1cc(CO)cc2c1NC(=O)C2N(CC1CCOC1)C[C@@H](O)C(Cc1ccccc1)NC(=O)OC1CCO[C@H]2OCC[C@@H]12. The molecule has 0 aliphatic carbocycles. The molecule has 0 radical (unpaired) electrons. The Morgan fingerprint density at radius 3 is 2.66 bits per heavy atom. The van der Waals surface area contributed by atoms with Gasteiger partial charge in [-0.25, -0.2) is 4.79 Å². The lowest BCUT2D eigenvalue weighted by molar-refractivity contribution is -0.179. The summed E-state index contributed by atoms with van der Waals surface area (Å²) in [5.74, 6) is -0.112. The molecule has 6 N–H and O–H groups in total. The van der Waals surface area contributed by atoms with Gasteiger partial charge >= 0.3 is 6.09 Å². The van der Waals surface area contributed by atoms with Gasteiger partial charge in [0.25, 0.3) is 0 Å². The molecular weight excluding hydrogens is 568 g/mol. The molecule has 2 aromatic rings. The van der Waals surface area contributed by atoms with Crippen LogP contribution in [0.5, 0.6) is 0 Å². The third kappa shape index (κ3) is 6.85. The van der Waals surface area contributed by atoms with Crippen molar-refractivity contribution in [3.05, 3.63) is 59.2 Å². The van der Waals surface area contributed by atoms with Crippen LogP contribution in [0.4, 0.5) is 16.2 Å². The number of amides is 2. The molecule has 0 saturated carbocycles. The molecule has 0 aromatic heterocycles. The molecule has 2 aromatic carbocycles. The topological polar surface area (TPSA) is 165 Å². The monoisotopic (exact) mass is 610 g/mol. The third-order valence-electron chi connectivity index (χ3n) is 9.11. The standard InChI is InChI=1S/C32H42N4O8/c33-24-13-21(17-37)12-23-28(24)35-30(39)29(23)36(15-20-6-9-41-18-20)16-26(38)25(14-19-4-2-1-3-5-19)34-32(40)44-27-8-11-43-31-22(27)7-10-42-31/h1-5,12-13,20,22,25-27,29,31,37-38H,6-11,14-18,33H2,(H,34,40)(H,35,39)/t20?,22-,25?,26+,27?,29?,31+/m0/s1. The number of hydrogen-bond acceptors (Lipinski definition) is 10. The van der Waals surface area contributed by atoms with Crippen molar-refractivity contribution in [3.8, 4) is 0 Å². The number of anilines is 2. The summed E-state index contributed by atoms with van der Waals surface area (Å²) in [7, 11) is 0. The van der Waals surface area contributed by atoms with Crippen LogP contribution >= 0.6 is 0 Å². The Balaban J connectivity index is 1.23. The summed E-state index contributed by atoms with van der Waals surface area (Å²) >= 11 is 0. The van der Waals surface area contributed by atoms with E-state index in [9.17, 15) is 19.8 Å². The van der Waals surface area contributed by atoms with Crippen molar-refractivity contribution in [2.75, 3.05) is 50.6 Å². The summed E-state index contributed by atoms with van der Waals surface area (Å²) in [5.41, 5.74) is 9.34. The number of alkyl carbamates (subject to hydrolysis) is 1. The highest BCUT2D eigenvalue weighted by Gasteiger charge is 2.42. The van der Waals surface area contributed by atoms with Gasteiger partial charge in [-0.15, -0.1) is 0 Å². The highest BCUT2D eigenvalue weighted by atomic mass is 16.7. The van der Waals surface area contributed by atoms with E-state index in [2.05, 4.69) is 10.6 Å². The van der Waals surface area contributed by atoms with Gasteiger partial charge in [0.2, 0.25) is 5.91 Å². The summed E-state index contributed by atoms with van der Waals surface area (Å²) in [6.07, 6.45) is 0.162. The molecule has 12 heteroatoms. The minimum Gasteiger partial charge on any atom is -0.446 e. The molecule has 4 aliphatic heterocycles. The second-order valence-corrected chi connectivity index (χ2v) is 12.2. The number of ether oxygens (including phenoxy) is 4. The molecule has 4 unspecified atom stereocenters. The van der Waals surface area contributed by atoms with E-state index in [-0.39, 0.29) is 43.3 Å². The first-order valence-electron chi connectivity index (χ1n) is 15.5. The number of hydrogen-bond donors (Lipinski definition) is 5. The maximum absolute atomic E-state index is 13.4. The zero-order chi connectivity index (χ0) is 30.6. The Hall–Kier alpha value is -3.26. The summed E-state index contributed by atoms with van der Waals surface area (Å²) in [5, 5.41) is 27.5. The lowest BCUT2D eigenvalue weighted by atomic mass is 9.95. The third-order valence-corrected chi connectivity index (χ3v) is 9.11. The second-order valence-electron chi connectivity index (χ2n) is 12.2. The smallest absolute Gasteiger partial charge is 0.407 e. The van der Waals surface area contributed by atoms with Crippen LogP contribution in [0.1, 0.15) is 42.0 Å². The van der Waals surface area contributed by atoms with Crippen molar-refractivity contribution in [1.82, 2.24) is 10.2 Å². The number of nitrogens with one attached hydrogen (secondary N) is 2. The number of carbonyl (C=O) groups is 2. The van der Waals surface area contributed by atoms with E-state index >= 15 is 0 Å². The summed E-state index contributed by atoms with van der Waals surface area (Å²) in [6, 6.07) is 11.6. The molecule has 3 saturated heterocycles. The van der Waals surface area contributed by atoms with E-state index in [0.29, 0.717) is 68.3 Å². The largest absolute Gasteiger partial charge is 0.446 e. The van der Waals surface area contributed by atoms with Gasteiger partial charge in [-0.05, 0) is 48.4 Å². The summed E-state index contributed by atoms with van der Waals surface area (Å²) in [4.78, 5) is 28.7. The van der Waals surface area contributed by atoms with Gasteiger partial charge in [-0.1, -0.05) is 30.3 Å². The number of benzene rings is 2. The van der Waals surface area contributed by atoms with Crippen LogP contribution in [0, 0.1) is 11.8 Å². The number of rotatable bonds is 11. The van der Waals surface area contributed by atoms with Crippen LogP contribution in [0.25, 0.3) is 0 Å². The fraction of sp³-hybridized carbons (Fsp3) is 0.562. The van der Waals surface area contributed by atoms with Crippen molar-refractivity contribution >= 4 is 23.4 Å². The molecule has 44 heavy (non-hydrogen) atoms. The number of carbonyl (C=O) groups excluding carboxylic acids is 2. The highest BCUT2D eigenvalue weighted by Crippen LogP contribution is 2.40. The fourth-order valence-corrected chi connectivity index (χ4v) is 6.86. The van der Waals surface area contributed by atoms with Gasteiger partial charge in [0.1, 0.15) is 12.1 Å². The van der Waals surface area contributed by atoms with Crippen molar-refractivity contribution in [2.45, 2.75) is 62.9 Å². The highest BCUT2D eigenvalue weighted by molar-refractivity contribution is 6.05. The number of aliphatic hydroxyl groups excluding tert-OH is 2. The Bertz CT molecular complexity index is 1310. The van der Waals surface area contributed by atoms with Crippen molar-refractivity contribution < 1.29 is 38.7 Å². The fourth-order valence-electron chi connectivity index (χ4n) is 6.86. The Labute approximate surface area is 256 Å². The number of aliphatic hydroxyl groups is 2. The summed E-state index contributed by atoms with van der Waals surface area (Å²) in [6.45, 7) is 2.57. The molecule has 0 spiro atoms. The van der Waals surface area contributed by atoms with Gasteiger partial charge in [-0.2, -0.15) is 0 Å². The molecule has 4 aliphatic rings. The molecule has 3 fully saturated rings. The first-order valence-corrected chi connectivity index (χ1v) is 15.5. The van der Waals surface area contributed by atoms with Crippen LogP contribution < -0.4 is 16.4 Å². The minimum absolute atomic E-state index is 0.0201. The van der Waals surface area contributed by atoms with Crippen LogP contribution in [0.2, 0.25) is 0 Å². The molecular formula is C32H42N4O8. The lowest BCUT2D eigenvalue weighted by Crippen LogP contribution is -2.52. The van der Waals surface area contributed by atoms with Crippen molar-refractivity contribution in [2.24, 2.45) is 11.8 Å². The number of nitrogens with two attached hydrogens (primary N) is 1. The minimum atomic E-state index is -1.06. The van der Waals surface area contributed by atoms with Gasteiger partial charge in [0, 0.05) is 37.6 Å². The maximum atomic E-state index is 13.4. The molecule has 7 atom stereocenters. The first-order chi connectivity index (χ1) is 21.4. The molecule has 0 bridgehead atoms. The van der Waals surface area contributed by atoms with E-state index in [0.717, 1.165) is 18.4 Å². The average molecular weight is 611 g/mol. The Morgan fingerprint density at radius 1 is 1.11 bits per heavy atom. The van der Waals surface area contributed by atoms with Crippen molar-refractivity contribution in [3.63, 3.8) is 0 Å². The maximum Gasteiger partial charge on any atom is 0.407 e. The zero-order valence-electron chi connectivity index (χ0n) is 24.7.